The van der Waals surface area contributed by atoms with Gasteiger partial charge in [-0.25, -0.2) is 0 Å². The molecule has 1 aliphatic rings. The number of amides is 1. The summed E-state index contributed by atoms with van der Waals surface area (Å²) in [5.74, 6) is 0.529. The number of aliphatic hydroxyl groups excluding tert-OH is 1. The first kappa shape index (κ1) is 15.8. The molecule has 0 aliphatic heterocycles. The van der Waals surface area contributed by atoms with E-state index in [-0.39, 0.29) is 24.5 Å². The van der Waals surface area contributed by atoms with E-state index in [1.165, 1.54) is 17.5 Å². The number of ether oxygens (including phenoxy) is 1. The van der Waals surface area contributed by atoms with E-state index in [1.54, 1.807) is 0 Å². The number of fused-ring (bicyclic) bond motifs is 1. The van der Waals surface area contributed by atoms with Gasteiger partial charge in [0.25, 0.3) is 5.91 Å². The Morgan fingerprint density at radius 1 is 1.33 bits per heavy atom. The highest BCUT2D eigenvalue weighted by Gasteiger charge is 2.22. The second-order valence-corrected chi connectivity index (χ2v) is 6.76. The van der Waals surface area contributed by atoms with E-state index in [2.05, 4.69) is 11.4 Å². The van der Waals surface area contributed by atoms with Crippen molar-refractivity contribution in [3.8, 4) is 5.75 Å². The Morgan fingerprint density at radius 3 is 2.76 bits per heavy atom. The summed E-state index contributed by atoms with van der Waals surface area (Å²) in [5, 5.41) is 12.6. The van der Waals surface area contributed by atoms with E-state index in [4.69, 9.17) is 4.74 Å². The van der Waals surface area contributed by atoms with Gasteiger partial charge in [-0.05, 0) is 47.9 Å². The summed E-state index contributed by atoms with van der Waals surface area (Å²) >= 11 is 0. The van der Waals surface area contributed by atoms with E-state index in [9.17, 15) is 9.90 Å². The molecule has 0 saturated carbocycles. The average Bonchev–Trinajstić information content (AvgIpc) is 2.88. The standard InChI is InChI=1S/C17H25NO3/c1-17(2,3)15(19)10-18-16(20)11-21-14-8-7-12-5-4-6-13(12)9-14/h7-9,15,19H,4-6,10-11H2,1-3H3,(H,18,20). The normalized spacial score (nSPS) is 15.4. The smallest absolute Gasteiger partial charge is 0.258 e. The highest BCUT2D eigenvalue weighted by Crippen LogP contribution is 2.25. The van der Waals surface area contributed by atoms with Crippen molar-refractivity contribution >= 4 is 5.91 Å². The highest BCUT2D eigenvalue weighted by molar-refractivity contribution is 5.77. The maximum Gasteiger partial charge on any atom is 0.258 e. The van der Waals surface area contributed by atoms with E-state index < -0.39 is 6.10 Å². The summed E-state index contributed by atoms with van der Waals surface area (Å²) in [6.45, 7) is 6.03. The van der Waals surface area contributed by atoms with Crippen molar-refractivity contribution in [2.45, 2.75) is 46.1 Å². The second kappa shape index (κ2) is 6.48. The van der Waals surface area contributed by atoms with E-state index in [0.717, 1.165) is 18.6 Å². The minimum atomic E-state index is -0.568. The molecule has 1 aliphatic carbocycles. The summed E-state index contributed by atoms with van der Waals surface area (Å²) in [7, 11) is 0. The molecular formula is C17H25NO3. The van der Waals surface area contributed by atoms with E-state index >= 15 is 0 Å². The number of hydrogen-bond donors (Lipinski definition) is 2. The molecule has 116 valence electrons. The summed E-state index contributed by atoms with van der Waals surface area (Å²) in [6.07, 6.45) is 2.86. The largest absolute Gasteiger partial charge is 0.484 e. The fraction of sp³-hybridized carbons (Fsp3) is 0.588. The number of carbonyl (C=O) groups excluding carboxylic acids is 1. The maximum atomic E-state index is 11.7. The van der Waals surface area contributed by atoms with Crippen molar-refractivity contribution in [2.24, 2.45) is 5.41 Å². The fourth-order valence-corrected chi connectivity index (χ4v) is 2.35. The van der Waals surface area contributed by atoms with Crippen molar-refractivity contribution in [3.05, 3.63) is 29.3 Å². The van der Waals surface area contributed by atoms with Crippen LogP contribution in [0.5, 0.6) is 5.75 Å². The van der Waals surface area contributed by atoms with Gasteiger partial charge in [-0.2, -0.15) is 0 Å². The van der Waals surface area contributed by atoms with Crippen LogP contribution in [0.2, 0.25) is 0 Å². The van der Waals surface area contributed by atoms with Crippen molar-refractivity contribution in [1.82, 2.24) is 5.32 Å². The quantitative estimate of drug-likeness (QED) is 0.873. The molecule has 0 saturated heterocycles. The molecule has 2 N–H and O–H groups in total. The molecule has 0 radical (unpaired) electrons. The summed E-state index contributed by atoms with van der Waals surface area (Å²) in [6, 6.07) is 6.03. The lowest BCUT2D eigenvalue weighted by Gasteiger charge is -2.25. The molecule has 0 heterocycles. The number of benzene rings is 1. The van der Waals surface area contributed by atoms with Crippen LogP contribution in [0.4, 0.5) is 0 Å². The third-order valence-electron chi connectivity index (χ3n) is 3.93. The third kappa shape index (κ3) is 4.46. The maximum absolute atomic E-state index is 11.7. The van der Waals surface area contributed by atoms with Crippen molar-refractivity contribution in [1.29, 1.82) is 0 Å². The molecule has 1 aromatic carbocycles. The predicted octanol–water partition coefficient (Wildman–Crippen LogP) is 2.08. The molecule has 1 amide bonds. The third-order valence-corrected chi connectivity index (χ3v) is 3.93. The Balaban J connectivity index is 1.77. The van der Waals surface area contributed by atoms with Gasteiger partial charge in [-0.15, -0.1) is 0 Å². The Hall–Kier alpha value is -1.55. The Labute approximate surface area is 126 Å². The van der Waals surface area contributed by atoms with Crippen LogP contribution in [-0.4, -0.2) is 30.3 Å². The molecule has 0 spiro atoms. The molecule has 0 fully saturated rings. The lowest BCUT2D eigenvalue weighted by atomic mass is 9.89. The van der Waals surface area contributed by atoms with Gasteiger partial charge in [0.05, 0.1) is 6.10 Å². The monoisotopic (exact) mass is 291 g/mol. The van der Waals surface area contributed by atoms with Gasteiger partial charge in [0.15, 0.2) is 6.61 Å². The molecule has 1 atom stereocenters. The summed E-state index contributed by atoms with van der Waals surface area (Å²) in [4.78, 5) is 11.7. The highest BCUT2D eigenvalue weighted by atomic mass is 16.5. The minimum absolute atomic E-state index is 0.0182. The minimum Gasteiger partial charge on any atom is -0.484 e. The number of nitrogens with one attached hydrogen (secondary N) is 1. The van der Waals surface area contributed by atoms with Crippen molar-refractivity contribution in [3.63, 3.8) is 0 Å². The first-order chi connectivity index (χ1) is 9.86. The van der Waals surface area contributed by atoms with Gasteiger partial charge in [0, 0.05) is 6.54 Å². The number of hydrogen-bond acceptors (Lipinski definition) is 3. The molecule has 4 heteroatoms. The zero-order valence-electron chi connectivity index (χ0n) is 13.1. The second-order valence-electron chi connectivity index (χ2n) is 6.76. The van der Waals surface area contributed by atoms with Crippen molar-refractivity contribution < 1.29 is 14.6 Å². The molecular weight excluding hydrogens is 266 g/mol. The molecule has 4 nitrogen and oxygen atoms in total. The number of rotatable bonds is 5. The van der Waals surface area contributed by atoms with Gasteiger partial charge in [0.1, 0.15) is 5.75 Å². The van der Waals surface area contributed by atoms with Crippen LogP contribution < -0.4 is 10.1 Å². The van der Waals surface area contributed by atoms with Gasteiger partial charge in [0.2, 0.25) is 0 Å². The fourth-order valence-electron chi connectivity index (χ4n) is 2.35. The molecule has 0 aromatic heterocycles. The first-order valence-corrected chi connectivity index (χ1v) is 7.55. The van der Waals surface area contributed by atoms with Gasteiger partial charge < -0.3 is 15.2 Å². The van der Waals surface area contributed by atoms with E-state index in [0.29, 0.717) is 0 Å². The Bertz CT molecular complexity index is 505. The Kier molecular flexibility index (Phi) is 4.88. The van der Waals surface area contributed by atoms with Crippen LogP contribution >= 0.6 is 0 Å². The zero-order chi connectivity index (χ0) is 15.5. The van der Waals surface area contributed by atoms with Crippen LogP contribution in [0.1, 0.15) is 38.3 Å². The zero-order valence-corrected chi connectivity index (χ0v) is 13.1. The van der Waals surface area contributed by atoms with Gasteiger partial charge >= 0.3 is 0 Å². The number of aryl methyl sites for hydroxylation is 2. The molecule has 21 heavy (non-hydrogen) atoms. The topological polar surface area (TPSA) is 58.6 Å². The molecule has 1 unspecified atom stereocenters. The number of carbonyl (C=O) groups is 1. The first-order valence-electron chi connectivity index (χ1n) is 7.55. The van der Waals surface area contributed by atoms with Crippen LogP contribution in [0.25, 0.3) is 0 Å². The SMILES string of the molecule is CC(C)(C)C(O)CNC(=O)COc1ccc2c(c1)CCC2. The van der Waals surface area contributed by atoms with Crippen LogP contribution in [0.15, 0.2) is 18.2 Å². The summed E-state index contributed by atoms with van der Waals surface area (Å²) in [5.41, 5.74) is 2.48. The van der Waals surface area contributed by atoms with Gasteiger partial charge in [-0.3, -0.25) is 4.79 Å². The number of aliphatic hydroxyl groups is 1. The van der Waals surface area contributed by atoms with Crippen LogP contribution in [0, 0.1) is 5.41 Å². The van der Waals surface area contributed by atoms with E-state index in [1.807, 2.05) is 32.9 Å². The van der Waals surface area contributed by atoms with Crippen molar-refractivity contribution in [2.75, 3.05) is 13.2 Å². The van der Waals surface area contributed by atoms with Gasteiger partial charge in [-0.1, -0.05) is 26.8 Å². The average molecular weight is 291 g/mol. The van der Waals surface area contributed by atoms with Crippen LogP contribution in [-0.2, 0) is 17.6 Å². The molecule has 1 aromatic rings. The van der Waals surface area contributed by atoms with Crippen LogP contribution in [0.3, 0.4) is 0 Å². The molecule has 0 bridgehead atoms. The summed E-state index contributed by atoms with van der Waals surface area (Å²) < 4.78 is 5.52. The molecule has 2 rings (SSSR count). The Morgan fingerprint density at radius 2 is 2.05 bits per heavy atom. The predicted molar refractivity (Wildman–Crippen MR) is 82.4 cm³/mol. The lowest BCUT2D eigenvalue weighted by molar-refractivity contribution is -0.123. The lowest BCUT2D eigenvalue weighted by Crippen LogP contribution is -2.40.